The summed E-state index contributed by atoms with van der Waals surface area (Å²) in [5.74, 6) is -0.0643. The van der Waals surface area contributed by atoms with Gasteiger partial charge >= 0.3 is 0 Å². The van der Waals surface area contributed by atoms with Crippen molar-refractivity contribution in [3.63, 3.8) is 0 Å². The predicted octanol–water partition coefficient (Wildman–Crippen LogP) is 10.3. The number of aliphatic hydroxyl groups excluding tert-OH is 2. The molecule has 4 N–H and O–H groups in total. The highest BCUT2D eigenvalue weighted by Gasteiger charge is 2.09. The Kier molecular flexibility index (Phi) is 96.3. The Morgan fingerprint density at radius 1 is 0.455 bits per heavy atom. The number of rotatable bonds is 32. The minimum absolute atomic E-state index is 0.0643. The van der Waals surface area contributed by atoms with Gasteiger partial charge in [0, 0.05) is 25.7 Å². The van der Waals surface area contributed by atoms with Gasteiger partial charge in [-0.15, -0.1) is 19.7 Å². The van der Waals surface area contributed by atoms with Crippen LogP contribution in [0.25, 0.3) is 0 Å². The maximum Gasteiger partial charge on any atom is 0.154 e. The second-order valence-corrected chi connectivity index (χ2v) is 12.1. The molecule has 10 heteroatoms. The molecule has 0 aromatic carbocycles. The zero-order valence-electron chi connectivity index (χ0n) is 38.6. The van der Waals surface area contributed by atoms with Crippen LogP contribution in [-0.2, 0) is 28.4 Å². The summed E-state index contributed by atoms with van der Waals surface area (Å²) in [6, 6.07) is 0. The zero-order chi connectivity index (χ0) is 43.5. The molecule has 0 aliphatic heterocycles. The van der Waals surface area contributed by atoms with E-state index in [1.807, 2.05) is 27.7 Å². The number of ether oxygens (including phenoxy) is 6. The standard InChI is InChI=1S/C11H25NO3.3C8H16O2.2C4H10.C2H6/c1-3-6-10(13)12-8-5-4-7-9(2)11(14)15;3*1-3-5-9-7-8-10-6-4-2;2*1-3-4-2;1-2/h9-15H,3-8H2,1-2H3;3*3H,1,4-8H2,2H3;2*3-4H2,1-2H3;1-2H3/t9-,10?;;;;;;/m1....../s1. The fourth-order valence-electron chi connectivity index (χ4n) is 2.98. The van der Waals surface area contributed by atoms with Crippen molar-refractivity contribution < 1.29 is 43.7 Å². The van der Waals surface area contributed by atoms with Crippen molar-refractivity contribution in [2.45, 2.75) is 166 Å². The molecule has 0 heterocycles. The molecule has 0 radical (unpaired) electrons. The Morgan fingerprint density at radius 2 is 0.782 bits per heavy atom. The average Bonchev–Trinajstić information content (AvgIpc) is 3.20. The summed E-state index contributed by atoms with van der Waals surface area (Å²) in [6.45, 7) is 42.7. The summed E-state index contributed by atoms with van der Waals surface area (Å²) in [5.41, 5.74) is 0. The molecule has 338 valence electrons. The molecule has 0 saturated carbocycles. The fourth-order valence-corrected chi connectivity index (χ4v) is 2.98. The van der Waals surface area contributed by atoms with E-state index in [9.17, 15) is 5.11 Å². The van der Waals surface area contributed by atoms with Crippen LogP contribution in [0.15, 0.2) is 38.0 Å². The number of nitrogens with one attached hydrogen (secondary N) is 1. The first-order valence-electron chi connectivity index (χ1n) is 21.7. The van der Waals surface area contributed by atoms with E-state index in [0.29, 0.717) is 59.5 Å². The Hall–Kier alpha value is -1.18. The predicted molar refractivity (Wildman–Crippen MR) is 239 cm³/mol. The lowest BCUT2D eigenvalue weighted by molar-refractivity contribution is -0.0808. The molecule has 1 unspecified atom stereocenters. The summed E-state index contributed by atoms with van der Waals surface area (Å²) in [7, 11) is 0. The lowest BCUT2D eigenvalue weighted by Gasteiger charge is -2.14. The highest BCUT2D eigenvalue weighted by molar-refractivity contribution is 4.64. The molecule has 0 rings (SSSR count). The van der Waals surface area contributed by atoms with Gasteiger partial charge in [-0.3, -0.25) is 5.32 Å². The summed E-state index contributed by atoms with van der Waals surface area (Å²) < 4.78 is 30.8. The van der Waals surface area contributed by atoms with Gasteiger partial charge in [-0.2, -0.15) is 0 Å². The molecule has 0 amide bonds. The van der Waals surface area contributed by atoms with E-state index in [1.54, 1.807) is 18.2 Å². The number of hydrogen-bond donors (Lipinski definition) is 4. The van der Waals surface area contributed by atoms with Crippen LogP contribution < -0.4 is 5.32 Å². The molecular formula is C45H99NO9. The van der Waals surface area contributed by atoms with Crippen molar-refractivity contribution in [1.82, 2.24) is 5.32 Å². The van der Waals surface area contributed by atoms with Crippen LogP contribution in [0.3, 0.4) is 0 Å². The van der Waals surface area contributed by atoms with Crippen LogP contribution in [0.2, 0.25) is 0 Å². The molecule has 0 bridgehead atoms. The van der Waals surface area contributed by atoms with Gasteiger partial charge < -0.3 is 43.7 Å². The Balaban J connectivity index is -0.000000104. The lowest BCUT2D eigenvalue weighted by atomic mass is 10.0. The van der Waals surface area contributed by atoms with Crippen molar-refractivity contribution in [2.24, 2.45) is 5.92 Å². The van der Waals surface area contributed by atoms with E-state index < -0.39 is 12.5 Å². The van der Waals surface area contributed by atoms with E-state index in [4.69, 9.17) is 38.6 Å². The molecule has 10 nitrogen and oxygen atoms in total. The van der Waals surface area contributed by atoms with Crippen LogP contribution in [0.5, 0.6) is 0 Å². The maximum absolute atomic E-state index is 9.35. The van der Waals surface area contributed by atoms with Gasteiger partial charge in [0.15, 0.2) is 6.29 Å². The molecule has 0 spiro atoms. The van der Waals surface area contributed by atoms with Crippen LogP contribution in [-0.4, -0.2) is 114 Å². The minimum Gasteiger partial charge on any atom is -0.379 e. The van der Waals surface area contributed by atoms with Crippen LogP contribution in [0.4, 0.5) is 0 Å². The number of hydrogen-bond acceptors (Lipinski definition) is 10. The largest absolute Gasteiger partial charge is 0.379 e. The smallest absolute Gasteiger partial charge is 0.154 e. The number of unbranched alkanes of at least 4 members (excludes halogenated alkanes) is 3. The minimum atomic E-state index is -1.20. The quantitative estimate of drug-likeness (QED) is 0.0297. The molecular weight excluding hydrogens is 698 g/mol. The maximum atomic E-state index is 9.35. The Labute approximate surface area is 343 Å². The van der Waals surface area contributed by atoms with Gasteiger partial charge in [0.1, 0.15) is 6.23 Å². The SMILES string of the molecule is C=CCOCCOCCC.C=CCOCCOCCC.C=CCOCCOCCC.CC.CCCC.CCCC.CCCC(O)NCCCC[C@@H](C)C(O)O. The topological polar surface area (TPSA) is 128 Å². The summed E-state index contributed by atoms with van der Waals surface area (Å²) in [4.78, 5) is 0. The van der Waals surface area contributed by atoms with E-state index in [2.05, 4.69) is 73.5 Å². The van der Waals surface area contributed by atoms with E-state index >= 15 is 0 Å². The van der Waals surface area contributed by atoms with Crippen LogP contribution in [0.1, 0.15) is 153 Å². The molecule has 0 aliphatic carbocycles. The van der Waals surface area contributed by atoms with Crippen molar-refractivity contribution in [3.8, 4) is 0 Å². The average molecular weight is 798 g/mol. The molecule has 55 heavy (non-hydrogen) atoms. The van der Waals surface area contributed by atoms with Gasteiger partial charge in [0.2, 0.25) is 0 Å². The molecule has 0 saturated heterocycles. The lowest BCUT2D eigenvalue weighted by Crippen LogP contribution is -2.29. The van der Waals surface area contributed by atoms with E-state index in [0.717, 1.165) is 77.7 Å². The molecule has 2 atom stereocenters. The highest BCUT2D eigenvalue weighted by Crippen LogP contribution is 2.10. The van der Waals surface area contributed by atoms with E-state index in [-0.39, 0.29) is 5.92 Å². The second kappa shape index (κ2) is 77.4. The molecule has 0 fully saturated rings. The first-order chi connectivity index (χ1) is 26.6. The normalized spacial score (nSPS) is 10.7. The highest BCUT2D eigenvalue weighted by atomic mass is 16.5. The molecule has 0 aliphatic rings. The van der Waals surface area contributed by atoms with Crippen molar-refractivity contribution in [2.75, 3.05) is 85.8 Å². The summed E-state index contributed by atoms with van der Waals surface area (Å²) in [5, 5.41) is 30.0. The van der Waals surface area contributed by atoms with Crippen molar-refractivity contribution in [1.29, 1.82) is 0 Å². The third-order valence-electron chi connectivity index (χ3n) is 6.41. The monoisotopic (exact) mass is 798 g/mol. The van der Waals surface area contributed by atoms with E-state index in [1.165, 1.54) is 25.7 Å². The third-order valence-corrected chi connectivity index (χ3v) is 6.41. The van der Waals surface area contributed by atoms with Gasteiger partial charge in [0.25, 0.3) is 0 Å². The molecule has 0 aromatic heterocycles. The third kappa shape index (κ3) is 101. The molecule has 0 aromatic rings. The first-order valence-corrected chi connectivity index (χ1v) is 21.7. The van der Waals surface area contributed by atoms with Crippen molar-refractivity contribution in [3.05, 3.63) is 38.0 Å². The Bertz CT molecular complexity index is 543. The zero-order valence-corrected chi connectivity index (χ0v) is 38.6. The summed E-state index contributed by atoms with van der Waals surface area (Å²) in [6.07, 6.45) is 16.6. The van der Waals surface area contributed by atoms with Gasteiger partial charge in [0.05, 0.1) is 59.5 Å². The fraction of sp³-hybridized carbons (Fsp3) is 0.867. The summed E-state index contributed by atoms with van der Waals surface area (Å²) >= 11 is 0. The van der Waals surface area contributed by atoms with Gasteiger partial charge in [-0.1, -0.05) is 133 Å². The van der Waals surface area contributed by atoms with Crippen LogP contribution in [0, 0.1) is 5.92 Å². The van der Waals surface area contributed by atoms with Crippen molar-refractivity contribution >= 4 is 0 Å². The number of aliphatic hydroxyl groups is 3. The van der Waals surface area contributed by atoms with Gasteiger partial charge in [-0.25, -0.2) is 0 Å². The second-order valence-electron chi connectivity index (χ2n) is 12.1. The Morgan fingerprint density at radius 3 is 1.04 bits per heavy atom. The van der Waals surface area contributed by atoms with Gasteiger partial charge in [-0.05, 0) is 45.1 Å². The first kappa shape index (κ1) is 68.5. The van der Waals surface area contributed by atoms with Crippen LogP contribution >= 0.6 is 0 Å².